The number of carbonyl (C=O) groups is 2. The third-order valence-electron chi connectivity index (χ3n) is 9.21. The molecule has 4 heterocycles. The Kier molecular flexibility index (Phi) is 7.94. The van der Waals surface area contributed by atoms with Gasteiger partial charge in [-0.15, -0.1) is 0 Å². The summed E-state index contributed by atoms with van der Waals surface area (Å²) in [5, 5.41) is 4.63. The van der Waals surface area contributed by atoms with Crippen LogP contribution < -0.4 is 5.32 Å². The lowest BCUT2D eigenvalue weighted by atomic mass is 9.76. The van der Waals surface area contributed by atoms with Crippen molar-refractivity contribution in [3.63, 3.8) is 0 Å². The van der Waals surface area contributed by atoms with E-state index in [-0.39, 0.29) is 6.61 Å². The van der Waals surface area contributed by atoms with Crippen LogP contribution >= 0.6 is 0 Å². The molecule has 4 atom stereocenters. The van der Waals surface area contributed by atoms with Gasteiger partial charge in [-0.2, -0.15) is 0 Å². The van der Waals surface area contributed by atoms with Gasteiger partial charge >= 0.3 is 11.9 Å². The highest BCUT2D eigenvalue weighted by molar-refractivity contribution is 6.02. The molecule has 1 aromatic heterocycles. The number of hydrogen-bond donors (Lipinski definition) is 2. The van der Waals surface area contributed by atoms with Crippen molar-refractivity contribution in [1.82, 2.24) is 15.2 Å². The molecule has 0 spiro atoms. The molecule has 7 heteroatoms. The number of piperidine rings is 1. The van der Waals surface area contributed by atoms with Gasteiger partial charge in [0, 0.05) is 54.5 Å². The quantitative estimate of drug-likeness (QED) is 0.323. The average molecular weight is 582 g/mol. The zero-order valence-electron chi connectivity index (χ0n) is 26.2. The van der Waals surface area contributed by atoms with E-state index in [1.807, 2.05) is 37.4 Å². The fourth-order valence-electron chi connectivity index (χ4n) is 7.88. The number of likely N-dealkylation sites (tertiary alicyclic amines) is 1. The van der Waals surface area contributed by atoms with Gasteiger partial charge in [-0.3, -0.25) is 4.90 Å². The molecule has 2 aromatic carbocycles. The van der Waals surface area contributed by atoms with Gasteiger partial charge in [-0.25, -0.2) is 9.59 Å². The van der Waals surface area contributed by atoms with Gasteiger partial charge in [-0.1, -0.05) is 43.7 Å². The Labute approximate surface area is 254 Å². The standard InChI is InChI=1S/C36H43N3O4/c1-7-42-35(40)34-29(19-39-17-21(3)13-22(4)18-39)38-28-16-30(31-23(5)14-20(2)15-24(31)6)43-36(41)33(28)32(34)26-9-8-10-27-25(26)11-12-37-27/h8-12,14-15,21-22,30,32,37-38H,7,13,16-19H2,1-6H3. The molecule has 3 aliphatic rings. The van der Waals surface area contributed by atoms with Crippen LogP contribution in [0.5, 0.6) is 0 Å². The van der Waals surface area contributed by atoms with Crippen LogP contribution in [0.4, 0.5) is 0 Å². The summed E-state index contributed by atoms with van der Waals surface area (Å²) in [5.41, 5.74) is 8.97. The number of benzene rings is 2. The molecule has 2 N–H and O–H groups in total. The normalized spacial score (nSPS) is 24.6. The number of ether oxygens (including phenoxy) is 2. The van der Waals surface area contributed by atoms with E-state index in [1.54, 1.807) is 0 Å². The molecule has 3 aliphatic heterocycles. The highest BCUT2D eigenvalue weighted by Crippen LogP contribution is 2.47. The number of rotatable bonds is 6. The van der Waals surface area contributed by atoms with Crippen molar-refractivity contribution >= 4 is 22.8 Å². The lowest BCUT2D eigenvalue weighted by Gasteiger charge is -2.40. The maximum atomic E-state index is 14.2. The minimum absolute atomic E-state index is 0.249. The maximum absolute atomic E-state index is 14.2. The van der Waals surface area contributed by atoms with Crippen LogP contribution in [0, 0.1) is 32.6 Å². The van der Waals surface area contributed by atoms with Gasteiger partial charge in [-0.05, 0) is 80.3 Å². The molecule has 7 nitrogen and oxygen atoms in total. The SMILES string of the molecule is CCOC(=O)C1=C(CN2CC(C)CC(C)C2)NC2=C(C(=O)OC(c3c(C)cc(C)cc3C)C2)C1c1cccc2[nH]ccc12. The molecular weight excluding hydrogens is 538 g/mol. The van der Waals surface area contributed by atoms with Crippen molar-refractivity contribution in [2.45, 2.75) is 66.4 Å². The van der Waals surface area contributed by atoms with Crippen LogP contribution in [-0.2, 0) is 19.1 Å². The summed E-state index contributed by atoms with van der Waals surface area (Å²) in [7, 11) is 0. The smallest absolute Gasteiger partial charge is 0.337 e. The van der Waals surface area contributed by atoms with Crippen LogP contribution in [0.25, 0.3) is 10.9 Å². The highest BCUT2D eigenvalue weighted by atomic mass is 16.5. The van der Waals surface area contributed by atoms with Gasteiger partial charge < -0.3 is 19.8 Å². The minimum Gasteiger partial charge on any atom is -0.463 e. The zero-order valence-corrected chi connectivity index (χ0v) is 26.2. The Morgan fingerprint density at radius 3 is 2.49 bits per heavy atom. The first kappa shape index (κ1) is 29.2. The number of dihydropyridines is 1. The largest absolute Gasteiger partial charge is 0.463 e. The summed E-state index contributed by atoms with van der Waals surface area (Å²) < 4.78 is 12.0. The molecule has 4 unspecified atom stereocenters. The molecule has 43 heavy (non-hydrogen) atoms. The first-order chi connectivity index (χ1) is 20.6. The number of hydrogen-bond acceptors (Lipinski definition) is 6. The van der Waals surface area contributed by atoms with E-state index in [9.17, 15) is 9.59 Å². The Bertz CT molecular complexity index is 1610. The number of nitrogens with zero attached hydrogens (tertiary/aromatic N) is 1. The monoisotopic (exact) mass is 581 g/mol. The summed E-state index contributed by atoms with van der Waals surface area (Å²) >= 11 is 0. The van der Waals surface area contributed by atoms with Gasteiger partial charge in [0.1, 0.15) is 6.10 Å². The molecule has 0 aliphatic carbocycles. The van der Waals surface area contributed by atoms with Gasteiger partial charge in [0.2, 0.25) is 0 Å². The minimum atomic E-state index is -0.613. The second-order valence-corrected chi connectivity index (χ2v) is 12.9. The van der Waals surface area contributed by atoms with Crippen LogP contribution in [0.15, 0.2) is 65.1 Å². The summed E-state index contributed by atoms with van der Waals surface area (Å²) in [6.07, 6.45) is 3.19. The van der Waals surface area contributed by atoms with E-state index >= 15 is 0 Å². The van der Waals surface area contributed by atoms with Crippen molar-refractivity contribution in [2.75, 3.05) is 26.2 Å². The molecule has 0 radical (unpaired) electrons. The van der Waals surface area contributed by atoms with E-state index in [0.717, 1.165) is 57.6 Å². The molecule has 0 saturated carbocycles. The van der Waals surface area contributed by atoms with E-state index in [4.69, 9.17) is 9.47 Å². The van der Waals surface area contributed by atoms with E-state index in [0.29, 0.717) is 35.9 Å². The van der Waals surface area contributed by atoms with Gasteiger partial charge in [0.25, 0.3) is 0 Å². The van der Waals surface area contributed by atoms with Crippen molar-refractivity contribution in [3.05, 3.63) is 93.0 Å². The maximum Gasteiger partial charge on any atom is 0.337 e. The average Bonchev–Trinajstić information content (AvgIpc) is 3.40. The number of aromatic amines is 1. The van der Waals surface area contributed by atoms with Crippen LogP contribution in [0.2, 0.25) is 0 Å². The van der Waals surface area contributed by atoms with Gasteiger partial charge in [0.05, 0.1) is 23.7 Å². The van der Waals surface area contributed by atoms with E-state index in [2.05, 4.69) is 62.0 Å². The number of carbonyl (C=O) groups excluding carboxylic acids is 2. The van der Waals surface area contributed by atoms with Crippen molar-refractivity contribution in [2.24, 2.45) is 11.8 Å². The van der Waals surface area contributed by atoms with Crippen molar-refractivity contribution < 1.29 is 19.1 Å². The third kappa shape index (κ3) is 5.51. The molecule has 1 saturated heterocycles. The predicted molar refractivity (Wildman–Crippen MR) is 168 cm³/mol. The van der Waals surface area contributed by atoms with Crippen LogP contribution in [-0.4, -0.2) is 48.1 Å². The number of fused-ring (bicyclic) bond motifs is 1. The molecule has 1 fully saturated rings. The number of H-pyrrole nitrogens is 1. The van der Waals surface area contributed by atoms with Crippen molar-refractivity contribution in [1.29, 1.82) is 0 Å². The summed E-state index contributed by atoms with van der Waals surface area (Å²) in [6, 6.07) is 12.3. The third-order valence-corrected chi connectivity index (χ3v) is 9.21. The Hall–Kier alpha value is -3.84. The number of cyclic esters (lactones) is 1. The Balaban J connectivity index is 1.51. The second-order valence-electron chi connectivity index (χ2n) is 12.9. The lowest BCUT2D eigenvalue weighted by Crippen LogP contribution is -2.44. The summed E-state index contributed by atoms with van der Waals surface area (Å²) in [4.78, 5) is 33.8. The lowest BCUT2D eigenvalue weighted by molar-refractivity contribution is -0.147. The fourth-order valence-corrected chi connectivity index (χ4v) is 7.88. The van der Waals surface area contributed by atoms with Crippen LogP contribution in [0.3, 0.4) is 0 Å². The number of esters is 2. The molecule has 0 amide bonds. The zero-order chi connectivity index (χ0) is 30.4. The summed E-state index contributed by atoms with van der Waals surface area (Å²) in [5.74, 6) is -0.262. The fraction of sp³-hybridized carbons (Fsp3) is 0.444. The number of aryl methyl sites for hydroxylation is 3. The topological polar surface area (TPSA) is 83.7 Å². The first-order valence-corrected chi connectivity index (χ1v) is 15.6. The molecular formula is C36H43N3O4. The second kappa shape index (κ2) is 11.7. The Morgan fingerprint density at radius 1 is 1.07 bits per heavy atom. The van der Waals surface area contributed by atoms with Gasteiger partial charge in [0.15, 0.2) is 0 Å². The molecule has 3 aromatic rings. The number of aromatic nitrogens is 1. The molecule has 226 valence electrons. The van der Waals surface area contributed by atoms with Crippen molar-refractivity contribution in [3.8, 4) is 0 Å². The Morgan fingerprint density at radius 2 is 1.79 bits per heavy atom. The summed E-state index contributed by atoms with van der Waals surface area (Å²) in [6.45, 7) is 15.4. The van der Waals surface area contributed by atoms with Crippen LogP contribution in [0.1, 0.15) is 73.5 Å². The number of nitrogens with one attached hydrogen (secondary N) is 2. The molecule has 6 rings (SSSR count). The predicted octanol–water partition coefficient (Wildman–Crippen LogP) is 6.52. The highest BCUT2D eigenvalue weighted by Gasteiger charge is 2.45. The van der Waals surface area contributed by atoms with E-state index in [1.165, 1.54) is 12.0 Å². The van der Waals surface area contributed by atoms with E-state index < -0.39 is 24.0 Å². The molecule has 0 bridgehead atoms. The first-order valence-electron chi connectivity index (χ1n) is 15.6.